The average Bonchev–Trinajstić information content (AvgIpc) is 3.45. The number of halogens is 3. The minimum atomic E-state index is -1.09. The lowest BCUT2D eigenvalue weighted by atomic mass is 9.80. The van der Waals surface area contributed by atoms with Gasteiger partial charge in [-0.1, -0.05) is 37.6 Å². The maximum atomic E-state index is 15.2. The van der Waals surface area contributed by atoms with E-state index >= 15 is 8.78 Å². The molecule has 6 rings (SSSR count). The normalized spacial score (nSPS) is 14.7. The van der Waals surface area contributed by atoms with Crippen molar-refractivity contribution in [3.05, 3.63) is 101 Å². The number of imidazole rings is 1. The topological polar surface area (TPSA) is 77.5 Å². The van der Waals surface area contributed by atoms with Crippen LogP contribution in [0.3, 0.4) is 0 Å². The van der Waals surface area contributed by atoms with E-state index in [0.29, 0.717) is 16.6 Å². The molecule has 0 bridgehead atoms. The number of nitriles is 1. The molecule has 5 aromatic rings. The number of aromatic amines is 2. The van der Waals surface area contributed by atoms with Gasteiger partial charge in [0.15, 0.2) is 11.6 Å². The minimum Gasteiger partial charge on any atom is -0.454 e. The molecule has 1 fully saturated rings. The van der Waals surface area contributed by atoms with Crippen molar-refractivity contribution >= 4 is 10.9 Å². The van der Waals surface area contributed by atoms with Crippen LogP contribution in [0.5, 0.6) is 11.5 Å². The van der Waals surface area contributed by atoms with Crippen LogP contribution in [0.2, 0.25) is 0 Å². The van der Waals surface area contributed by atoms with Crippen LogP contribution in [-0.2, 0) is 11.8 Å². The van der Waals surface area contributed by atoms with E-state index in [-0.39, 0.29) is 34.3 Å². The van der Waals surface area contributed by atoms with Crippen molar-refractivity contribution in [1.29, 1.82) is 5.26 Å². The van der Waals surface area contributed by atoms with Crippen LogP contribution >= 0.6 is 0 Å². The smallest absolute Gasteiger partial charge is 0.203 e. The maximum Gasteiger partial charge on any atom is 0.203 e. The van der Waals surface area contributed by atoms with Gasteiger partial charge in [0.05, 0.1) is 29.0 Å². The summed E-state index contributed by atoms with van der Waals surface area (Å²) >= 11 is 0. The van der Waals surface area contributed by atoms with Crippen LogP contribution in [0.4, 0.5) is 13.2 Å². The molecule has 2 aromatic heterocycles. The molecule has 1 unspecified atom stereocenters. The van der Waals surface area contributed by atoms with Crippen molar-refractivity contribution in [1.82, 2.24) is 15.0 Å². The van der Waals surface area contributed by atoms with E-state index < -0.39 is 22.9 Å². The third-order valence-corrected chi connectivity index (χ3v) is 7.67. The molecule has 3 aromatic carbocycles. The van der Waals surface area contributed by atoms with Crippen LogP contribution in [0.1, 0.15) is 61.4 Å². The van der Waals surface area contributed by atoms with E-state index in [1.807, 2.05) is 24.3 Å². The molecule has 1 saturated carbocycles. The summed E-state index contributed by atoms with van der Waals surface area (Å²) in [6, 6.07) is 15.9. The minimum absolute atomic E-state index is 0.0652. The number of aromatic nitrogens is 3. The lowest BCUT2D eigenvalue weighted by Gasteiger charge is -2.21. The van der Waals surface area contributed by atoms with Crippen molar-refractivity contribution < 1.29 is 17.9 Å². The maximum absolute atomic E-state index is 15.2. The summed E-state index contributed by atoms with van der Waals surface area (Å²) in [5, 5.41) is 10.8. The molecule has 0 saturated heterocycles. The molecule has 202 valence electrons. The summed E-state index contributed by atoms with van der Waals surface area (Å²) in [6.07, 6.45) is 6.68. The van der Waals surface area contributed by atoms with E-state index in [2.05, 4.69) is 27.9 Å². The lowest BCUT2D eigenvalue weighted by molar-refractivity contribution is 0.414. The Balaban J connectivity index is 1.37. The SMILES string of the molecule is CCCc1cccc(C(C)(C#N)c2cnc(-c3cc(Oc4c(F)c(F)c5[nH]ccc5c4C4CC4)ccc3F)[nH]2)c1. The van der Waals surface area contributed by atoms with Crippen LogP contribution in [0.25, 0.3) is 22.3 Å². The fourth-order valence-electron chi connectivity index (χ4n) is 5.29. The van der Waals surface area contributed by atoms with Gasteiger partial charge in [-0.05, 0) is 67.5 Å². The van der Waals surface area contributed by atoms with Crippen molar-refractivity contribution in [2.75, 3.05) is 0 Å². The molecular formula is C32H27F3N4O. The fraction of sp³-hybridized carbons (Fsp3) is 0.250. The molecule has 0 spiro atoms. The second-order valence-corrected chi connectivity index (χ2v) is 10.5. The third-order valence-electron chi connectivity index (χ3n) is 7.67. The van der Waals surface area contributed by atoms with Gasteiger partial charge < -0.3 is 14.7 Å². The molecule has 8 heteroatoms. The standard InChI is InChI=1S/C32H27F3N4O/c1-3-5-18-6-4-7-20(14-18)32(2,17-36)25-16-38-31(39-25)23-15-21(10-11-24(23)33)40-30-26(19-8-9-19)22-12-13-37-29(22)27(34)28(30)35/h4,6-7,10-16,19,37H,3,5,8-9H2,1-2H3,(H,38,39). The number of H-pyrrole nitrogens is 2. The van der Waals surface area contributed by atoms with Crippen molar-refractivity contribution in [3.63, 3.8) is 0 Å². The molecule has 0 radical (unpaired) electrons. The van der Waals surface area contributed by atoms with Gasteiger partial charge in [0, 0.05) is 17.1 Å². The quantitative estimate of drug-likeness (QED) is 0.207. The Hall–Kier alpha value is -4.51. The van der Waals surface area contributed by atoms with Gasteiger partial charge >= 0.3 is 0 Å². The largest absolute Gasteiger partial charge is 0.454 e. The van der Waals surface area contributed by atoms with Gasteiger partial charge in [-0.3, -0.25) is 0 Å². The molecule has 2 heterocycles. The van der Waals surface area contributed by atoms with E-state index in [1.54, 1.807) is 19.2 Å². The second kappa shape index (κ2) is 9.91. The first-order valence-electron chi connectivity index (χ1n) is 13.4. The molecule has 0 amide bonds. The van der Waals surface area contributed by atoms with Gasteiger partial charge in [0.25, 0.3) is 0 Å². The summed E-state index contributed by atoms with van der Waals surface area (Å²) < 4.78 is 51.0. The Morgan fingerprint density at radius 3 is 2.67 bits per heavy atom. The van der Waals surface area contributed by atoms with Crippen molar-refractivity contribution in [2.24, 2.45) is 0 Å². The van der Waals surface area contributed by atoms with Crippen molar-refractivity contribution in [2.45, 2.75) is 50.9 Å². The van der Waals surface area contributed by atoms with Gasteiger partial charge in [-0.2, -0.15) is 9.65 Å². The highest BCUT2D eigenvalue weighted by Crippen LogP contribution is 2.50. The highest BCUT2D eigenvalue weighted by molar-refractivity contribution is 5.87. The molecule has 40 heavy (non-hydrogen) atoms. The predicted molar refractivity (Wildman–Crippen MR) is 147 cm³/mol. The summed E-state index contributed by atoms with van der Waals surface area (Å²) in [5.41, 5.74) is 2.19. The molecule has 2 N–H and O–H groups in total. The summed E-state index contributed by atoms with van der Waals surface area (Å²) in [4.78, 5) is 10.3. The molecule has 1 aliphatic rings. The first-order chi connectivity index (χ1) is 19.3. The van der Waals surface area contributed by atoms with Crippen LogP contribution in [0.15, 0.2) is 60.9 Å². The van der Waals surface area contributed by atoms with Gasteiger partial charge in [0.1, 0.15) is 22.8 Å². The Kier molecular flexibility index (Phi) is 6.38. The number of nitrogens with zero attached hydrogens (tertiary/aromatic N) is 2. The van der Waals surface area contributed by atoms with Gasteiger partial charge in [-0.25, -0.2) is 13.8 Å². The van der Waals surface area contributed by atoms with Gasteiger partial charge in [0.2, 0.25) is 5.82 Å². The Morgan fingerprint density at radius 2 is 1.93 bits per heavy atom. The monoisotopic (exact) mass is 540 g/mol. The first kappa shape index (κ1) is 25.8. The highest BCUT2D eigenvalue weighted by atomic mass is 19.2. The number of rotatable bonds is 8. The number of aryl methyl sites for hydroxylation is 1. The second-order valence-electron chi connectivity index (χ2n) is 10.5. The van der Waals surface area contributed by atoms with Crippen molar-refractivity contribution in [3.8, 4) is 29.0 Å². The molecule has 5 nitrogen and oxygen atoms in total. The predicted octanol–water partition coefficient (Wildman–Crippen LogP) is 8.43. The number of ether oxygens (including phenoxy) is 1. The highest BCUT2D eigenvalue weighted by Gasteiger charge is 2.34. The Morgan fingerprint density at radius 1 is 1.10 bits per heavy atom. The van der Waals surface area contributed by atoms with Crippen LogP contribution in [0, 0.1) is 28.8 Å². The van der Waals surface area contributed by atoms with E-state index in [1.165, 1.54) is 24.4 Å². The molecule has 1 aliphatic carbocycles. The Labute approximate surface area is 229 Å². The Bertz CT molecular complexity index is 1780. The molecular weight excluding hydrogens is 513 g/mol. The summed E-state index contributed by atoms with van der Waals surface area (Å²) in [6.45, 7) is 3.89. The molecule has 0 aliphatic heterocycles. The number of fused-ring (bicyclic) bond motifs is 1. The molecule has 1 atom stereocenters. The zero-order chi connectivity index (χ0) is 28.0. The number of hydrogen-bond donors (Lipinski definition) is 2. The van der Waals surface area contributed by atoms with Crippen LogP contribution in [-0.4, -0.2) is 15.0 Å². The number of nitrogens with one attached hydrogen (secondary N) is 2. The summed E-state index contributed by atoms with van der Waals surface area (Å²) in [7, 11) is 0. The van der Waals surface area contributed by atoms with Gasteiger partial charge in [-0.15, -0.1) is 0 Å². The summed E-state index contributed by atoms with van der Waals surface area (Å²) in [5.74, 6) is -2.47. The van der Waals surface area contributed by atoms with Crippen LogP contribution < -0.4 is 4.74 Å². The number of hydrogen-bond acceptors (Lipinski definition) is 3. The van der Waals surface area contributed by atoms with E-state index in [9.17, 15) is 9.65 Å². The zero-order valence-electron chi connectivity index (χ0n) is 22.1. The van der Waals surface area contributed by atoms with E-state index in [0.717, 1.165) is 36.8 Å². The first-order valence-corrected chi connectivity index (χ1v) is 13.4. The lowest BCUT2D eigenvalue weighted by Crippen LogP contribution is -2.22. The number of benzene rings is 3. The third kappa shape index (κ3) is 4.32. The van der Waals surface area contributed by atoms with E-state index in [4.69, 9.17) is 4.74 Å². The zero-order valence-corrected chi connectivity index (χ0v) is 22.1. The fourth-order valence-corrected chi connectivity index (χ4v) is 5.29. The average molecular weight is 541 g/mol.